The Morgan fingerprint density at radius 2 is 2.22 bits per heavy atom. The zero-order valence-electron chi connectivity index (χ0n) is 12.5. The van der Waals surface area contributed by atoms with Gasteiger partial charge in [0.1, 0.15) is 5.37 Å². The maximum absolute atomic E-state index is 12.3. The Kier molecular flexibility index (Phi) is 3.83. The van der Waals surface area contributed by atoms with E-state index in [0.29, 0.717) is 12.3 Å². The molecule has 0 radical (unpaired) electrons. The third kappa shape index (κ3) is 2.74. The Morgan fingerprint density at radius 3 is 3.09 bits per heavy atom. The molecule has 1 amide bonds. The van der Waals surface area contributed by atoms with Crippen LogP contribution in [0.5, 0.6) is 11.5 Å². The molecule has 1 unspecified atom stereocenters. The van der Waals surface area contributed by atoms with E-state index in [1.54, 1.807) is 18.0 Å². The number of para-hydroxylation sites is 1. The molecular weight excluding hydrogens is 312 g/mol. The number of pyridine rings is 1. The number of hydrogen-bond acceptors (Lipinski definition) is 5. The summed E-state index contributed by atoms with van der Waals surface area (Å²) in [7, 11) is 0. The van der Waals surface area contributed by atoms with E-state index in [1.807, 2.05) is 41.4 Å². The molecule has 2 aromatic rings. The lowest BCUT2D eigenvalue weighted by Gasteiger charge is -2.25. The number of rotatable bonds is 4. The van der Waals surface area contributed by atoms with Crippen LogP contribution in [0.2, 0.25) is 0 Å². The van der Waals surface area contributed by atoms with E-state index in [0.717, 1.165) is 29.0 Å². The number of ether oxygens (including phenoxy) is 2. The Balaban J connectivity index is 1.56. The minimum absolute atomic E-state index is 0.0178. The fourth-order valence-corrected chi connectivity index (χ4v) is 4.13. The highest BCUT2D eigenvalue weighted by Gasteiger charge is 2.35. The lowest BCUT2D eigenvalue weighted by atomic mass is 10.1. The first kappa shape index (κ1) is 14.4. The van der Waals surface area contributed by atoms with E-state index in [9.17, 15) is 4.79 Å². The predicted molar refractivity (Wildman–Crippen MR) is 87.4 cm³/mol. The van der Waals surface area contributed by atoms with Crippen molar-refractivity contribution < 1.29 is 14.3 Å². The second-order valence-corrected chi connectivity index (χ2v) is 6.51. The van der Waals surface area contributed by atoms with Gasteiger partial charge in [0.25, 0.3) is 0 Å². The number of hydrogen-bond donors (Lipinski definition) is 0. The van der Waals surface area contributed by atoms with Crippen LogP contribution in [0.25, 0.3) is 0 Å². The molecule has 1 fully saturated rings. The predicted octanol–water partition coefficient (Wildman–Crippen LogP) is 2.63. The van der Waals surface area contributed by atoms with Crippen molar-refractivity contribution in [1.82, 2.24) is 9.88 Å². The molecule has 1 atom stereocenters. The SMILES string of the molecule is O=C1CSC(c2cccc3c2OCO3)N1CCc1cccnc1. The van der Waals surface area contributed by atoms with Crippen LogP contribution in [0.4, 0.5) is 0 Å². The maximum atomic E-state index is 12.3. The summed E-state index contributed by atoms with van der Waals surface area (Å²) < 4.78 is 11.1. The van der Waals surface area contributed by atoms with E-state index in [4.69, 9.17) is 9.47 Å². The second kappa shape index (κ2) is 6.12. The van der Waals surface area contributed by atoms with Gasteiger partial charge in [0.15, 0.2) is 11.5 Å². The number of thioether (sulfide) groups is 1. The van der Waals surface area contributed by atoms with Gasteiger partial charge in [-0.2, -0.15) is 0 Å². The van der Waals surface area contributed by atoms with Gasteiger partial charge in [0, 0.05) is 24.5 Å². The van der Waals surface area contributed by atoms with Crippen molar-refractivity contribution >= 4 is 17.7 Å². The molecule has 2 aliphatic heterocycles. The summed E-state index contributed by atoms with van der Waals surface area (Å²) in [6.45, 7) is 0.917. The van der Waals surface area contributed by atoms with Gasteiger partial charge in [-0.3, -0.25) is 9.78 Å². The highest BCUT2D eigenvalue weighted by molar-refractivity contribution is 8.00. The fraction of sp³-hybridized carbons (Fsp3) is 0.294. The zero-order valence-corrected chi connectivity index (χ0v) is 13.3. The summed E-state index contributed by atoms with van der Waals surface area (Å²) in [5, 5.41) is -0.0178. The Labute approximate surface area is 138 Å². The molecule has 2 aliphatic rings. The quantitative estimate of drug-likeness (QED) is 0.863. The zero-order chi connectivity index (χ0) is 15.6. The van der Waals surface area contributed by atoms with Crippen molar-refractivity contribution in [3.8, 4) is 11.5 Å². The Hall–Kier alpha value is -2.21. The van der Waals surface area contributed by atoms with Crippen molar-refractivity contribution in [3.63, 3.8) is 0 Å². The van der Waals surface area contributed by atoms with Gasteiger partial charge in [-0.1, -0.05) is 18.2 Å². The smallest absolute Gasteiger partial charge is 0.233 e. The molecule has 1 saturated heterocycles. The minimum Gasteiger partial charge on any atom is -0.454 e. The molecule has 0 spiro atoms. The summed E-state index contributed by atoms with van der Waals surface area (Å²) >= 11 is 1.64. The number of nitrogens with zero attached hydrogens (tertiary/aromatic N) is 2. The molecule has 1 aromatic heterocycles. The molecule has 4 rings (SSSR count). The summed E-state index contributed by atoms with van der Waals surface area (Å²) in [4.78, 5) is 18.4. The molecule has 1 aromatic carbocycles. The molecule has 0 saturated carbocycles. The number of carbonyl (C=O) groups excluding carboxylic acids is 1. The van der Waals surface area contributed by atoms with Crippen molar-refractivity contribution in [1.29, 1.82) is 0 Å². The van der Waals surface area contributed by atoms with Crippen LogP contribution in [0.1, 0.15) is 16.5 Å². The maximum Gasteiger partial charge on any atom is 0.233 e. The lowest BCUT2D eigenvalue weighted by molar-refractivity contribution is -0.128. The normalized spacial score (nSPS) is 19.4. The van der Waals surface area contributed by atoms with Crippen molar-refractivity contribution in [3.05, 3.63) is 53.9 Å². The number of benzene rings is 1. The Bertz CT molecular complexity index is 723. The van der Waals surface area contributed by atoms with Crippen LogP contribution < -0.4 is 9.47 Å². The average molecular weight is 328 g/mol. The molecular formula is C17H16N2O3S. The summed E-state index contributed by atoms with van der Waals surface area (Å²) in [5.41, 5.74) is 2.15. The largest absolute Gasteiger partial charge is 0.454 e. The van der Waals surface area contributed by atoms with Crippen LogP contribution in [0.3, 0.4) is 0 Å². The van der Waals surface area contributed by atoms with Crippen molar-refractivity contribution in [2.45, 2.75) is 11.8 Å². The standard InChI is InChI=1S/C17H16N2O3S/c20-15-10-23-17(13-4-1-5-14-16(13)22-11-21-14)19(15)8-6-12-3-2-7-18-9-12/h1-5,7,9,17H,6,8,10-11H2. The molecule has 118 valence electrons. The van der Waals surface area contributed by atoms with Crippen LogP contribution in [0.15, 0.2) is 42.7 Å². The number of carbonyl (C=O) groups is 1. The number of amides is 1. The fourth-order valence-electron chi connectivity index (χ4n) is 2.90. The van der Waals surface area contributed by atoms with Crippen molar-refractivity contribution in [2.75, 3.05) is 19.1 Å². The number of aromatic nitrogens is 1. The molecule has 0 N–H and O–H groups in total. The Morgan fingerprint density at radius 1 is 1.26 bits per heavy atom. The van der Waals surface area contributed by atoms with Crippen LogP contribution in [-0.4, -0.2) is 34.9 Å². The monoisotopic (exact) mass is 328 g/mol. The third-order valence-corrected chi connectivity index (χ3v) is 5.26. The van der Waals surface area contributed by atoms with Gasteiger partial charge in [-0.15, -0.1) is 11.8 Å². The van der Waals surface area contributed by atoms with Gasteiger partial charge >= 0.3 is 0 Å². The first-order valence-electron chi connectivity index (χ1n) is 7.51. The topological polar surface area (TPSA) is 51.7 Å². The molecule has 0 bridgehead atoms. The summed E-state index contributed by atoms with van der Waals surface area (Å²) in [6.07, 6.45) is 4.40. The van der Waals surface area contributed by atoms with Crippen LogP contribution in [-0.2, 0) is 11.2 Å². The molecule has 5 nitrogen and oxygen atoms in total. The van der Waals surface area contributed by atoms with Gasteiger partial charge in [0.2, 0.25) is 12.7 Å². The lowest BCUT2D eigenvalue weighted by Crippen LogP contribution is -2.30. The molecule has 23 heavy (non-hydrogen) atoms. The van der Waals surface area contributed by atoms with Gasteiger partial charge < -0.3 is 14.4 Å². The molecule has 3 heterocycles. The van der Waals surface area contributed by atoms with Crippen LogP contribution in [0, 0.1) is 0 Å². The summed E-state index contributed by atoms with van der Waals surface area (Å²) in [6, 6.07) is 9.81. The molecule has 6 heteroatoms. The van der Waals surface area contributed by atoms with E-state index in [1.165, 1.54) is 0 Å². The highest BCUT2D eigenvalue weighted by Crippen LogP contribution is 2.47. The first-order valence-corrected chi connectivity index (χ1v) is 8.56. The van der Waals surface area contributed by atoms with E-state index in [-0.39, 0.29) is 18.1 Å². The summed E-state index contributed by atoms with van der Waals surface area (Å²) in [5.74, 6) is 2.20. The minimum atomic E-state index is -0.0178. The van der Waals surface area contributed by atoms with Gasteiger partial charge in [-0.25, -0.2) is 0 Å². The number of fused-ring (bicyclic) bond motifs is 1. The highest BCUT2D eigenvalue weighted by atomic mass is 32.2. The third-order valence-electron chi connectivity index (χ3n) is 4.03. The van der Waals surface area contributed by atoms with E-state index >= 15 is 0 Å². The molecule has 0 aliphatic carbocycles. The van der Waals surface area contributed by atoms with Crippen LogP contribution >= 0.6 is 11.8 Å². The van der Waals surface area contributed by atoms with Gasteiger partial charge in [0.05, 0.1) is 5.75 Å². The van der Waals surface area contributed by atoms with Gasteiger partial charge in [-0.05, 0) is 24.1 Å². The van der Waals surface area contributed by atoms with E-state index < -0.39 is 0 Å². The average Bonchev–Trinajstić information content (AvgIpc) is 3.20. The van der Waals surface area contributed by atoms with Crippen molar-refractivity contribution in [2.24, 2.45) is 0 Å². The first-order chi connectivity index (χ1) is 11.3. The second-order valence-electron chi connectivity index (χ2n) is 5.44. The van der Waals surface area contributed by atoms with E-state index in [2.05, 4.69) is 4.98 Å².